The Kier molecular flexibility index (Phi) is 7.35. The van der Waals surface area contributed by atoms with Crippen molar-refractivity contribution in [2.24, 2.45) is 10.9 Å². The molecule has 6 nitrogen and oxygen atoms in total. The molecule has 1 heterocycles. The van der Waals surface area contributed by atoms with Crippen LogP contribution in [0.25, 0.3) is 0 Å². The lowest BCUT2D eigenvalue weighted by Crippen LogP contribution is -2.38. The quantitative estimate of drug-likeness (QED) is 0.540. The second-order valence-electron chi connectivity index (χ2n) is 7.71. The first-order valence-corrected chi connectivity index (χ1v) is 10.1. The molecule has 1 aliphatic carbocycles. The van der Waals surface area contributed by atoms with Crippen LogP contribution in [-0.2, 0) is 11.3 Å². The molecule has 1 saturated heterocycles. The van der Waals surface area contributed by atoms with E-state index < -0.39 is 0 Å². The van der Waals surface area contributed by atoms with Crippen molar-refractivity contribution in [3.8, 4) is 5.75 Å². The summed E-state index contributed by atoms with van der Waals surface area (Å²) in [5.74, 6) is 2.54. The number of nitrogens with one attached hydrogen (secondary N) is 2. The zero-order valence-corrected chi connectivity index (χ0v) is 16.9. The molecule has 2 fully saturated rings. The topological polar surface area (TPSA) is 58.1 Å². The monoisotopic (exact) mass is 374 g/mol. The minimum absolute atomic E-state index is 0.568. The number of ether oxygens (including phenoxy) is 2. The summed E-state index contributed by atoms with van der Waals surface area (Å²) in [7, 11) is 4.00. The van der Waals surface area contributed by atoms with Crippen molar-refractivity contribution in [2.45, 2.75) is 44.8 Å². The van der Waals surface area contributed by atoms with Crippen LogP contribution in [0.3, 0.4) is 0 Å². The molecule has 3 rings (SSSR count). The molecule has 2 aliphatic rings. The van der Waals surface area contributed by atoms with Gasteiger partial charge in [-0.1, -0.05) is 19.1 Å². The number of rotatable bonds is 8. The van der Waals surface area contributed by atoms with E-state index in [0.29, 0.717) is 18.7 Å². The van der Waals surface area contributed by atoms with Crippen LogP contribution in [0, 0.1) is 5.92 Å². The maximum absolute atomic E-state index is 5.98. The van der Waals surface area contributed by atoms with Crippen LogP contribution in [0.15, 0.2) is 29.3 Å². The molecule has 1 aromatic carbocycles. The molecular formula is C21H34N4O2. The fraction of sp³-hybridized carbons (Fsp3) is 0.667. The zero-order valence-electron chi connectivity index (χ0n) is 16.9. The van der Waals surface area contributed by atoms with Gasteiger partial charge in [-0.3, -0.25) is 9.89 Å². The third kappa shape index (κ3) is 6.40. The summed E-state index contributed by atoms with van der Waals surface area (Å²) in [4.78, 5) is 6.69. The molecule has 0 aromatic heterocycles. The summed E-state index contributed by atoms with van der Waals surface area (Å²) in [6.07, 6.45) is 3.46. The van der Waals surface area contributed by atoms with E-state index in [-0.39, 0.29) is 0 Å². The Morgan fingerprint density at radius 2 is 2.11 bits per heavy atom. The standard InChI is InChI=1S/C21H34N4O2/c1-16-13-20(16)24-21(22-2)23-15-17-5-4-6-19(14-17)27-12-9-25(3)18-7-10-26-11-8-18/h4-6,14,16,18,20H,7-13,15H2,1-3H3,(H2,22,23,24). The molecule has 27 heavy (non-hydrogen) atoms. The molecular weight excluding hydrogens is 340 g/mol. The molecule has 6 heteroatoms. The highest BCUT2D eigenvalue weighted by molar-refractivity contribution is 5.80. The van der Waals surface area contributed by atoms with Crippen LogP contribution in [0.2, 0.25) is 0 Å². The molecule has 150 valence electrons. The Balaban J connectivity index is 1.40. The van der Waals surface area contributed by atoms with Gasteiger partial charge in [0.1, 0.15) is 12.4 Å². The second kappa shape index (κ2) is 9.95. The summed E-state index contributed by atoms with van der Waals surface area (Å²) in [6.45, 7) is 6.38. The van der Waals surface area contributed by atoms with Crippen molar-refractivity contribution in [1.29, 1.82) is 0 Å². The fourth-order valence-electron chi connectivity index (χ4n) is 3.44. The SMILES string of the molecule is CN=C(NCc1cccc(OCCN(C)C2CCOCC2)c1)NC1CC1C. The van der Waals surface area contributed by atoms with Crippen molar-refractivity contribution in [1.82, 2.24) is 15.5 Å². The highest BCUT2D eigenvalue weighted by atomic mass is 16.5. The summed E-state index contributed by atoms with van der Waals surface area (Å²) < 4.78 is 11.4. The molecule has 2 unspecified atom stereocenters. The molecule has 2 atom stereocenters. The normalized spacial score (nSPS) is 23.3. The average Bonchev–Trinajstić information content (AvgIpc) is 3.40. The van der Waals surface area contributed by atoms with Crippen LogP contribution < -0.4 is 15.4 Å². The third-order valence-electron chi connectivity index (χ3n) is 5.54. The first-order chi connectivity index (χ1) is 13.2. The number of guanidine groups is 1. The highest BCUT2D eigenvalue weighted by Gasteiger charge is 2.33. The number of hydrogen-bond acceptors (Lipinski definition) is 4. The highest BCUT2D eigenvalue weighted by Crippen LogP contribution is 2.28. The lowest BCUT2D eigenvalue weighted by atomic mass is 10.1. The van der Waals surface area contributed by atoms with Gasteiger partial charge in [-0.2, -0.15) is 0 Å². The Morgan fingerprint density at radius 3 is 2.81 bits per heavy atom. The van der Waals surface area contributed by atoms with E-state index in [9.17, 15) is 0 Å². The summed E-state index contributed by atoms with van der Waals surface area (Å²) >= 11 is 0. The number of nitrogens with zero attached hydrogens (tertiary/aromatic N) is 2. The fourth-order valence-corrected chi connectivity index (χ4v) is 3.44. The van der Waals surface area contributed by atoms with E-state index in [1.807, 2.05) is 19.2 Å². The Labute approximate surface area is 163 Å². The number of likely N-dealkylation sites (N-methyl/N-ethyl adjacent to an activating group) is 1. The van der Waals surface area contributed by atoms with Gasteiger partial charge in [0.15, 0.2) is 5.96 Å². The Morgan fingerprint density at radius 1 is 1.33 bits per heavy atom. The molecule has 1 saturated carbocycles. The maximum atomic E-state index is 5.98. The van der Waals surface area contributed by atoms with Gasteiger partial charge < -0.3 is 20.1 Å². The molecule has 0 amide bonds. The predicted molar refractivity (Wildman–Crippen MR) is 109 cm³/mol. The molecule has 0 radical (unpaired) electrons. The van der Waals surface area contributed by atoms with Gasteiger partial charge in [0.05, 0.1) is 0 Å². The van der Waals surface area contributed by atoms with Crippen molar-refractivity contribution < 1.29 is 9.47 Å². The van der Waals surface area contributed by atoms with Crippen LogP contribution >= 0.6 is 0 Å². The van der Waals surface area contributed by atoms with Gasteiger partial charge >= 0.3 is 0 Å². The van der Waals surface area contributed by atoms with Crippen molar-refractivity contribution >= 4 is 5.96 Å². The van der Waals surface area contributed by atoms with Crippen LogP contribution in [0.4, 0.5) is 0 Å². The van der Waals surface area contributed by atoms with E-state index in [1.54, 1.807) is 0 Å². The Bertz CT molecular complexity index is 616. The van der Waals surface area contributed by atoms with Gasteiger partial charge in [0.25, 0.3) is 0 Å². The van der Waals surface area contributed by atoms with Gasteiger partial charge in [0, 0.05) is 45.4 Å². The van der Waals surface area contributed by atoms with Crippen LogP contribution in [-0.4, -0.2) is 63.4 Å². The van der Waals surface area contributed by atoms with E-state index in [0.717, 1.165) is 56.8 Å². The number of benzene rings is 1. The molecule has 1 aliphatic heterocycles. The van der Waals surface area contributed by atoms with Crippen LogP contribution in [0.1, 0.15) is 31.7 Å². The summed E-state index contributed by atoms with van der Waals surface area (Å²) in [5.41, 5.74) is 1.19. The van der Waals surface area contributed by atoms with E-state index in [2.05, 4.69) is 46.6 Å². The summed E-state index contributed by atoms with van der Waals surface area (Å²) in [5, 5.41) is 6.83. The largest absolute Gasteiger partial charge is 0.492 e. The molecule has 0 bridgehead atoms. The first kappa shape index (κ1) is 20.0. The van der Waals surface area contributed by atoms with Gasteiger partial charge in [-0.05, 0) is 49.9 Å². The average molecular weight is 375 g/mol. The predicted octanol–water partition coefficient (Wildman–Crippen LogP) is 2.25. The van der Waals surface area contributed by atoms with Crippen molar-refractivity contribution in [3.05, 3.63) is 29.8 Å². The molecule has 0 spiro atoms. The van der Waals surface area contributed by atoms with E-state index >= 15 is 0 Å². The van der Waals surface area contributed by atoms with Crippen molar-refractivity contribution in [2.75, 3.05) is 40.5 Å². The smallest absolute Gasteiger partial charge is 0.191 e. The zero-order chi connectivity index (χ0) is 19.1. The van der Waals surface area contributed by atoms with E-state index in [1.165, 1.54) is 12.0 Å². The Hall–Kier alpha value is -1.79. The van der Waals surface area contributed by atoms with Gasteiger partial charge in [0.2, 0.25) is 0 Å². The number of hydrogen-bond donors (Lipinski definition) is 2. The maximum Gasteiger partial charge on any atom is 0.191 e. The second-order valence-corrected chi connectivity index (χ2v) is 7.71. The summed E-state index contributed by atoms with van der Waals surface area (Å²) in [6, 6.07) is 9.48. The minimum Gasteiger partial charge on any atom is -0.492 e. The van der Waals surface area contributed by atoms with Crippen molar-refractivity contribution in [3.63, 3.8) is 0 Å². The molecule has 2 N–H and O–H groups in total. The van der Waals surface area contributed by atoms with Crippen LogP contribution in [0.5, 0.6) is 5.75 Å². The van der Waals surface area contributed by atoms with Gasteiger partial charge in [-0.15, -0.1) is 0 Å². The lowest BCUT2D eigenvalue weighted by Gasteiger charge is -2.31. The molecule has 1 aromatic rings. The minimum atomic E-state index is 0.568. The third-order valence-corrected chi connectivity index (χ3v) is 5.54. The first-order valence-electron chi connectivity index (χ1n) is 10.1. The lowest BCUT2D eigenvalue weighted by molar-refractivity contribution is 0.0392. The van der Waals surface area contributed by atoms with E-state index in [4.69, 9.17) is 9.47 Å². The van der Waals surface area contributed by atoms with Gasteiger partial charge in [-0.25, -0.2) is 0 Å². The number of aliphatic imine (C=N–C) groups is 1.